The number of nitrogens with two attached hydrogens (primary N) is 1. The molecule has 2 atom stereocenters. The molecule has 0 aromatic rings. The molecule has 17 heavy (non-hydrogen) atoms. The third-order valence-corrected chi connectivity index (χ3v) is 2.93. The maximum Gasteiger partial charge on any atom is 0.227 e. The lowest BCUT2D eigenvalue weighted by Gasteiger charge is -2.18. The lowest BCUT2D eigenvalue weighted by molar-refractivity contribution is -0.125. The number of hydrogen-bond acceptors (Lipinski definition) is 5. The van der Waals surface area contributed by atoms with Crippen molar-refractivity contribution in [3.05, 3.63) is 0 Å². The summed E-state index contributed by atoms with van der Waals surface area (Å²) in [5.74, 6) is -0.200. The highest BCUT2D eigenvalue weighted by molar-refractivity contribution is 5.79. The average Bonchev–Trinajstić information content (AvgIpc) is 2.72. The molecule has 1 amide bonds. The predicted octanol–water partition coefficient (Wildman–Crippen LogP) is -1.35. The van der Waals surface area contributed by atoms with E-state index in [1.54, 1.807) is 7.11 Å². The maximum absolute atomic E-state index is 11.7. The molecule has 100 valence electrons. The molecule has 0 saturated carbocycles. The molecule has 6 heteroatoms. The minimum absolute atomic E-state index is 0.00450. The summed E-state index contributed by atoms with van der Waals surface area (Å²) in [7, 11) is 3.67. The molecule has 3 N–H and O–H groups in total. The molecule has 0 bridgehead atoms. The number of methoxy groups -OCH3 is 1. The van der Waals surface area contributed by atoms with Gasteiger partial charge in [0.1, 0.15) is 0 Å². The molecule has 0 radical (unpaired) electrons. The molecule has 6 nitrogen and oxygen atoms in total. The van der Waals surface area contributed by atoms with Crippen molar-refractivity contribution in [1.29, 1.82) is 0 Å². The fraction of sp³-hybridized carbons (Fsp3) is 0.909. The van der Waals surface area contributed by atoms with E-state index >= 15 is 0 Å². The van der Waals surface area contributed by atoms with Crippen molar-refractivity contribution in [2.75, 3.05) is 53.6 Å². The highest BCUT2D eigenvalue weighted by Crippen LogP contribution is 2.11. The predicted molar refractivity (Wildman–Crippen MR) is 64.7 cm³/mol. The second kappa shape index (κ2) is 7.60. The average molecular weight is 245 g/mol. The number of nitrogens with zero attached hydrogens (tertiary/aromatic N) is 1. The molecule has 1 rings (SSSR count). The molecule has 1 aliphatic rings. The van der Waals surface area contributed by atoms with E-state index < -0.39 is 0 Å². The molecule has 1 aliphatic heterocycles. The Morgan fingerprint density at radius 2 is 2.29 bits per heavy atom. The minimum Gasteiger partial charge on any atom is -0.383 e. The Kier molecular flexibility index (Phi) is 6.43. The van der Waals surface area contributed by atoms with E-state index in [-0.39, 0.29) is 17.9 Å². The van der Waals surface area contributed by atoms with Gasteiger partial charge in [-0.05, 0) is 7.05 Å². The Balaban J connectivity index is 2.11. The number of ether oxygens (including phenoxy) is 2. The van der Waals surface area contributed by atoms with E-state index in [1.165, 1.54) is 0 Å². The van der Waals surface area contributed by atoms with E-state index in [1.807, 2.05) is 7.05 Å². The van der Waals surface area contributed by atoms with Gasteiger partial charge < -0.3 is 25.4 Å². The summed E-state index contributed by atoms with van der Waals surface area (Å²) < 4.78 is 10.1. The van der Waals surface area contributed by atoms with Gasteiger partial charge in [-0.25, -0.2) is 0 Å². The van der Waals surface area contributed by atoms with Gasteiger partial charge in [0, 0.05) is 32.8 Å². The van der Waals surface area contributed by atoms with Crippen LogP contribution in [0, 0.1) is 5.92 Å². The molecule has 0 aliphatic carbocycles. The fourth-order valence-corrected chi connectivity index (χ4v) is 1.70. The summed E-state index contributed by atoms with van der Waals surface area (Å²) in [6.45, 7) is 3.91. The first-order valence-electron chi connectivity index (χ1n) is 5.93. The van der Waals surface area contributed by atoms with Crippen LogP contribution in [0.15, 0.2) is 0 Å². The van der Waals surface area contributed by atoms with Crippen LogP contribution >= 0.6 is 0 Å². The Bertz CT molecular complexity index is 238. The molecule has 1 saturated heterocycles. The van der Waals surface area contributed by atoms with E-state index in [2.05, 4.69) is 10.2 Å². The summed E-state index contributed by atoms with van der Waals surface area (Å²) in [5.41, 5.74) is 5.76. The Hall–Kier alpha value is -0.690. The summed E-state index contributed by atoms with van der Waals surface area (Å²) in [5, 5.41) is 2.88. The molecule has 0 aromatic heterocycles. The normalized spacial score (nSPS) is 24.2. The number of likely N-dealkylation sites (N-methyl/N-ethyl adjacent to an activating group) is 1. The minimum atomic E-state index is -0.195. The summed E-state index contributed by atoms with van der Waals surface area (Å²) in [4.78, 5) is 13.8. The smallest absolute Gasteiger partial charge is 0.227 e. The van der Waals surface area contributed by atoms with Gasteiger partial charge in [-0.3, -0.25) is 4.79 Å². The lowest BCUT2D eigenvalue weighted by Crippen LogP contribution is -2.43. The van der Waals surface area contributed by atoms with Crippen LogP contribution in [0.5, 0.6) is 0 Å². The highest BCUT2D eigenvalue weighted by atomic mass is 16.5. The van der Waals surface area contributed by atoms with Gasteiger partial charge in [-0.2, -0.15) is 0 Å². The zero-order chi connectivity index (χ0) is 12.7. The first kappa shape index (κ1) is 14.4. The van der Waals surface area contributed by atoms with Crippen molar-refractivity contribution in [2.45, 2.75) is 6.04 Å². The quantitative estimate of drug-likeness (QED) is 0.580. The van der Waals surface area contributed by atoms with Gasteiger partial charge in [0.2, 0.25) is 5.91 Å². The van der Waals surface area contributed by atoms with Crippen LogP contribution in [0.25, 0.3) is 0 Å². The number of carbonyl (C=O) groups excluding carboxylic acids is 1. The molecular formula is C11H23N3O3. The van der Waals surface area contributed by atoms with Crippen molar-refractivity contribution < 1.29 is 14.3 Å². The van der Waals surface area contributed by atoms with Crippen molar-refractivity contribution in [2.24, 2.45) is 11.7 Å². The first-order chi connectivity index (χ1) is 8.15. The molecule has 0 aromatic carbocycles. The molecular weight excluding hydrogens is 222 g/mol. The number of amides is 1. The van der Waals surface area contributed by atoms with Crippen LogP contribution < -0.4 is 11.1 Å². The van der Waals surface area contributed by atoms with Gasteiger partial charge in [0.05, 0.1) is 25.7 Å². The van der Waals surface area contributed by atoms with Crippen LogP contribution in [-0.2, 0) is 14.3 Å². The highest BCUT2D eigenvalue weighted by Gasteiger charge is 2.30. The van der Waals surface area contributed by atoms with E-state index in [0.29, 0.717) is 26.4 Å². The van der Waals surface area contributed by atoms with E-state index in [4.69, 9.17) is 15.2 Å². The third-order valence-electron chi connectivity index (χ3n) is 2.93. The Morgan fingerprint density at radius 1 is 1.53 bits per heavy atom. The monoisotopic (exact) mass is 245 g/mol. The second-order valence-electron chi connectivity index (χ2n) is 4.39. The fourth-order valence-electron chi connectivity index (χ4n) is 1.70. The largest absolute Gasteiger partial charge is 0.383 e. The van der Waals surface area contributed by atoms with E-state index in [9.17, 15) is 4.79 Å². The topological polar surface area (TPSA) is 76.8 Å². The van der Waals surface area contributed by atoms with Crippen molar-refractivity contribution in [1.82, 2.24) is 10.2 Å². The number of carbonyl (C=O) groups is 1. The van der Waals surface area contributed by atoms with Crippen LogP contribution in [0.3, 0.4) is 0 Å². The maximum atomic E-state index is 11.7. The Morgan fingerprint density at radius 3 is 2.88 bits per heavy atom. The second-order valence-corrected chi connectivity index (χ2v) is 4.39. The standard InChI is InChI=1S/C11H23N3O3/c1-14(5-6-16-2)4-3-13-11(15)9-7-17-8-10(9)12/h9-10H,3-8,12H2,1-2H3,(H,13,15). The van der Waals surface area contributed by atoms with Crippen LogP contribution in [-0.4, -0.2) is 70.5 Å². The summed E-state index contributed by atoms with van der Waals surface area (Å²) >= 11 is 0. The lowest BCUT2D eigenvalue weighted by atomic mass is 10.0. The van der Waals surface area contributed by atoms with E-state index in [0.717, 1.165) is 13.1 Å². The molecule has 1 fully saturated rings. The number of nitrogens with one attached hydrogen (secondary N) is 1. The molecule has 0 spiro atoms. The van der Waals surface area contributed by atoms with Crippen LogP contribution in [0.1, 0.15) is 0 Å². The van der Waals surface area contributed by atoms with Gasteiger partial charge in [-0.1, -0.05) is 0 Å². The van der Waals surface area contributed by atoms with Crippen molar-refractivity contribution in [3.8, 4) is 0 Å². The summed E-state index contributed by atoms with van der Waals surface area (Å²) in [6.07, 6.45) is 0. The number of rotatable bonds is 7. The zero-order valence-corrected chi connectivity index (χ0v) is 10.6. The zero-order valence-electron chi connectivity index (χ0n) is 10.6. The number of hydrogen-bond donors (Lipinski definition) is 2. The molecule has 2 unspecified atom stereocenters. The van der Waals surface area contributed by atoms with Crippen molar-refractivity contribution in [3.63, 3.8) is 0 Å². The van der Waals surface area contributed by atoms with Gasteiger partial charge in [0.15, 0.2) is 0 Å². The van der Waals surface area contributed by atoms with Gasteiger partial charge in [-0.15, -0.1) is 0 Å². The SMILES string of the molecule is COCCN(C)CCNC(=O)C1COCC1N. The summed E-state index contributed by atoms with van der Waals surface area (Å²) in [6, 6.07) is -0.166. The van der Waals surface area contributed by atoms with Gasteiger partial charge >= 0.3 is 0 Å². The van der Waals surface area contributed by atoms with Crippen LogP contribution in [0.4, 0.5) is 0 Å². The Labute approximate surface area is 102 Å². The third kappa shape index (κ3) is 4.99. The molecule has 1 heterocycles. The first-order valence-corrected chi connectivity index (χ1v) is 5.93. The van der Waals surface area contributed by atoms with Crippen molar-refractivity contribution >= 4 is 5.91 Å². The van der Waals surface area contributed by atoms with Crippen LogP contribution in [0.2, 0.25) is 0 Å². The van der Waals surface area contributed by atoms with Gasteiger partial charge in [0.25, 0.3) is 0 Å².